The van der Waals surface area contributed by atoms with Crippen molar-refractivity contribution in [3.8, 4) is 0 Å². The van der Waals surface area contributed by atoms with Crippen LogP contribution in [0.25, 0.3) is 0 Å². The minimum Gasteiger partial charge on any atom is -0.337 e. The summed E-state index contributed by atoms with van der Waals surface area (Å²) in [6.07, 6.45) is 0. The molecular weight excluding hydrogens is 444 g/mol. The van der Waals surface area contributed by atoms with E-state index in [1.165, 1.54) is 4.90 Å². The monoisotopic (exact) mass is 462 g/mol. The third kappa shape index (κ3) is 3.78. The van der Waals surface area contributed by atoms with Gasteiger partial charge < -0.3 is 4.90 Å². The lowest BCUT2D eigenvalue weighted by Crippen LogP contribution is -2.29. The van der Waals surface area contributed by atoms with Crippen molar-refractivity contribution in [2.45, 2.75) is 13.1 Å². The Hall–Kier alpha value is -3.25. The zero-order valence-corrected chi connectivity index (χ0v) is 17.9. The van der Waals surface area contributed by atoms with Crippen molar-refractivity contribution in [2.24, 2.45) is 0 Å². The van der Waals surface area contributed by atoms with Crippen LogP contribution in [0.3, 0.4) is 0 Å². The lowest BCUT2D eigenvalue weighted by Gasteiger charge is -2.19. The fourth-order valence-electron chi connectivity index (χ4n) is 3.54. The maximum Gasteiger partial charge on any atom is 0.261 e. The van der Waals surface area contributed by atoms with E-state index < -0.39 is 0 Å². The number of benzene rings is 3. The number of carbonyl (C=O) groups is 3. The summed E-state index contributed by atoms with van der Waals surface area (Å²) in [5.74, 6) is -0.744. The topological polar surface area (TPSA) is 57.7 Å². The fraction of sp³-hybridized carbons (Fsp3) is 0.125. The Morgan fingerprint density at radius 1 is 0.900 bits per heavy atom. The van der Waals surface area contributed by atoms with Crippen molar-refractivity contribution in [1.82, 2.24) is 9.80 Å². The largest absolute Gasteiger partial charge is 0.337 e. The Morgan fingerprint density at radius 3 is 2.20 bits per heavy atom. The first-order valence-corrected chi connectivity index (χ1v) is 10.3. The summed E-state index contributed by atoms with van der Waals surface area (Å²) < 4.78 is 0.948. The second-order valence-corrected chi connectivity index (χ2v) is 8.05. The maximum absolute atomic E-state index is 12.9. The first-order valence-electron chi connectivity index (χ1n) is 9.49. The minimum absolute atomic E-state index is 0.126. The second-order valence-electron chi connectivity index (χ2n) is 7.20. The van der Waals surface area contributed by atoms with Gasteiger partial charge in [-0.2, -0.15) is 0 Å². The summed E-state index contributed by atoms with van der Waals surface area (Å²) >= 11 is 3.51. The zero-order chi connectivity index (χ0) is 21.3. The minimum atomic E-state index is -0.307. The highest BCUT2D eigenvalue weighted by Crippen LogP contribution is 2.25. The highest BCUT2D eigenvalue weighted by atomic mass is 79.9. The van der Waals surface area contributed by atoms with Crippen LogP contribution in [-0.4, -0.2) is 34.6 Å². The van der Waals surface area contributed by atoms with Gasteiger partial charge in [0, 0.05) is 23.6 Å². The van der Waals surface area contributed by atoms with Gasteiger partial charge in [-0.1, -0.05) is 58.4 Å². The quantitative estimate of drug-likeness (QED) is 0.523. The molecule has 0 spiro atoms. The smallest absolute Gasteiger partial charge is 0.261 e. The molecular formula is C24H19BrN2O3. The van der Waals surface area contributed by atoms with Crippen molar-refractivity contribution < 1.29 is 14.4 Å². The van der Waals surface area contributed by atoms with Crippen LogP contribution in [0, 0.1) is 0 Å². The molecule has 6 heteroatoms. The van der Waals surface area contributed by atoms with Gasteiger partial charge in [-0.3, -0.25) is 19.3 Å². The van der Waals surface area contributed by atoms with Crippen LogP contribution in [0.5, 0.6) is 0 Å². The van der Waals surface area contributed by atoms with Crippen LogP contribution in [0.15, 0.2) is 77.3 Å². The third-order valence-corrected chi connectivity index (χ3v) is 5.88. The molecule has 3 aromatic carbocycles. The predicted octanol–water partition coefficient (Wildman–Crippen LogP) is 4.52. The van der Waals surface area contributed by atoms with Crippen molar-refractivity contribution in [2.75, 3.05) is 7.05 Å². The molecule has 0 aromatic heterocycles. The van der Waals surface area contributed by atoms with Crippen LogP contribution >= 0.6 is 15.9 Å². The molecule has 0 N–H and O–H groups in total. The van der Waals surface area contributed by atoms with Gasteiger partial charge in [0.1, 0.15) is 0 Å². The number of fused-ring (bicyclic) bond motifs is 1. The Bertz CT molecular complexity index is 1120. The number of nitrogens with zero attached hydrogens (tertiary/aromatic N) is 2. The second kappa shape index (κ2) is 8.24. The normalized spacial score (nSPS) is 12.8. The average Bonchev–Trinajstić information content (AvgIpc) is 3.00. The van der Waals surface area contributed by atoms with Crippen LogP contribution in [-0.2, 0) is 13.1 Å². The number of hydrogen-bond acceptors (Lipinski definition) is 3. The third-order valence-electron chi connectivity index (χ3n) is 5.10. The molecule has 4 rings (SSSR count). The van der Waals surface area contributed by atoms with E-state index in [0.717, 1.165) is 15.6 Å². The Labute approximate surface area is 183 Å². The molecule has 0 atom stereocenters. The van der Waals surface area contributed by atoms with E-state index in [4.69, 9.17) is 0 Å². The molecule has 1 aliphatic rings. The van der Waals surface area contributed by atoms with Crippen molar-refractivity contribution in [3.63, 3.8) is 0 Å². The van der Waals surface area contributed by atoms with E-state index in [0.29, 0.717) is 23.2 Å². The summed E-state index contributed by atoms with van der Waals surface area (Å²) in [7, 11) is 1.75. The van der Waals surface area contributed by atoms with Crippen LogP contribution in [0.2, 0.25) is 0 Å². The van der Waals surface area contributed by atoms with Crippen LogP contribution in [0.1, 0.15) is 42.2 Å². The number of rotatable bonds is 5. The molecule has 150 valence electrons. The maximum atomic E-state index is 12.9. The Balaban J connectivity index is 1.51. The molecule has 0 radical (unpaired) electrons. The molecule has 3 amide bonds. The van der Waals surface area contributed by atoms with Crippen LogP contribution < -0.4 is 0 Å². The number of carbonyl (C=O) groups excluding carboxylic acids is 3. The molecule has 5 nitrogen and oxygen atoms in total. The number of halogens is 1. The summed E-state index contributed by atoms with van der Waals surface area (Å²) in [6.45, 7) is 0.588. The molecule has 0 aliphatic carbocycles. The predicted molar refractivity (Wildman–Crippen MR) is 117 cm³/mol. The van der Waals surface area contributed by atoms with E-state index >= 15 is 0 Å². The zero-order valence-electron chi connectivity index (χ0n) is 16.3. The van der Waals surface area contributed by atoms with Gasteiger partial charge in [0.2, 0.25) is 0 Å². The van der Waals surface area contributed by atoms with E-state index in [-0.39, 0.29) is 24.3 Å². The van der Waals surface area contributed by atoms with E-state index in [1.807, 2.05) is 30.3 Å². The van der Waals surface area contributed by atoms with Crippen molar-refractivity contribution in [3.05, 3.63) is 105 Å². The van der Waals surface area contributed by atoms with Crippen molar-refractivity contribution in [1.29, 1.82) is 0 Å². The van der Waals surface area contributed by atoms with Gasteiger partial charge in [-0.05, 0) is 41.5 Å². The van der Waals surface area contributed by atoms with Gasteiger partial charge >= 0.3 is 0 Å². The molecule has 1 heterocycles. The molecule has 0 unspecified atom stereocenters. The summed E-state index contributed by atoms with van der Waals surface area (Å²) in [5, 5.41) is 0. The fourth-order valence-corrected chi connectivity index (χ4v) is 3.95. The van der Waals surface area contributed by atoms with Crippen molar-refractivity contribution >= 4 is 33.7 Å². The Kier molecular flexibility index (Phi) is 5.50. The molecule has 1 aliphatic heterocycles. The van der Waals surface area contributed by atoms with Gasteiger partial charge in [-0.15, -0.1) is 0 Å². The standard InChI is InChI=1S/C24H19BrN2O3/c1-26(15-18-8-2-5-12-21(18)25)22(28)17-9-6-7-16(13-17)14-27-23(29)19-10-3-4-11-20(19)24(27)30/h2-13H,14-15H2,1H3. The summed E-state index contributed by atoms with van der Waals surface area (Å²) in [4.78, 5) is 41.0. The average molecular weight is 463 g/mol. The highest BCUT2D eigenvalue weighted by molar-refractivity contribution is 9.10. The first kappa shape index (κ1) is 20.0. The molecule has 0 bridgehead atoms. The molecule has 30 heavy (non-hydrogen) atoms. The lowest BCUT2D eigenvalue weighted by molar-refractivity contribution is 0.0642. The van der Waals surface area contributed by atoms with Crippen LogP contribution in [0.4, 0.5) is 0 Å². The summed E-state index contributed by atoms with van der Waals surface area (Å²) in [6, 6.07) is 21.6. The van der Waals surface area contributed by atoms with Gasteiger partial charge in [-0.25, -0.2) is 0 Å². The number of amides is 3. The summed E-state index contributed by atoms with van der Waals surface area (Å²) in [5.41, 5.74) is 3.09. The molecule has 3 aromatic rings. The SMILES string of the molecule is CN(Cc1ccccc1Br)C(=O)c1cccc(CN2C(=O)c3ccccc3C2=O)c1. The molecule has 0 fully saturated rings. The Morgan fingerprint density at radius 2 is 1.53 bits per heavy atom. The van der Waals surface area contributed by atoms with E-state index in [9.17, 15) is 14.4 Å². The molecule has 0 saturated carbocycles. The number of hydrogen-bond donors (Lipinski definition) is 0. The van der Waals surface area contributed by atoms with Gasteiger partial charge in [0.15, 0.2) is 0 Å². The van der Waals surface area contributed by atoms with Gasteiger partial charge in [0.05, 0.1) is 17.7 Å². The van der Waals surface area contributed by atoms with E-state index in [2.05, 4.69) is 15.9 Å². The highest BCUT2D eigenvalue weighted by Gasteiger charge is 2.35. The lowest BCUT2D eigenvalue weighted by atomic mass is 10.1. The van der Waals surface area contributed by atoms with E-state index in [1.54, 1.807) is 54.4 Å². The molecule has 0 saturated heterocycles. The van der Waals surface area contributed by atoms with Gasteiger partial charge in [0.25, 0.3) is 17.7 Å². The first-order chi connectivity index (χ1) is 14.5. The number of imide groups is 1.